The first-order valence-electron chi connectivity index (χ1n) is 7.47. The number of rotatable bonds is 4. The van der Waals surface area contributed by atoms with Crippen molar-refractivity contribution in [3.8, 4) is 0 Å². The van der Waals surface area contributed by atoms with Crippen LogP contribution in [0.25, 0.3) is 0 Å². The second kappa shape index (κ2) is 6.92. The lowest BCUT2D eigenvalue weighted by Gasteiger charge is -2.18. The Morgan fingerprint density at radius 2 is 2.08 bits per heavy atom. The summed E-state index contributed by atoms with van der Waals surface area (Å²) in [7, 11) is 0. The Kier molecular flexibility index (Phi) is 4.69. The molecule has 0 spiro atoms. The Hall–Kier alpha value is -2.90. The highest BCUT2D eigenvalue weighted by molar-refractivity contribution is 6.04. The third-order valence-electron chi connectivity index (χ3n) is 3.63. The van der Waals surface area contributed by atoms with Crippen LogP contribution in [0.1, 0.15) is 16.7 Å². The van der Waals surface area contributed by atoms with Crippen molar-refractivity contribution >= 4 is 17.4 Å². The molecule has 1 aromatic carbocycles. The Morgan fingerprint density at radius 1 is 1.24 bits per heavy atom. The molecule has 0 unspecified atom stereocenters. The summed E-state index contributed by atoms with van der Waals surface area (Å²) in [6.07, 6.45) is -1.35. The molecule has 1 N–H and O–H groups in total. The van der Waals surface area contributed by atoms with Gasteiger partial charge in [-0.25, -0.2) is 0 Å². The fourth-order valence-electron chi connectivity index (χ4n) is 2.39. The van der Waals surface area contributed by atoms with Crippen molar-refractivity contribution in [1.29, 1.82) is 0 Å². The summed E-state index contributed by atoms with van der Waals surface area (Å²) in [4.78, 5) is 18.9. The van der Waals surface area contributed by atoms with Crippen LogP contribution in [0.3, 0.4) is 0 Å². The van der Waals surface area contributed by atoms with Crippen LogP contribution in [-0.4, -0.2) is 29.8 Å². The van der Waals surface area contributed by atoms with Crippen molar-refractivity contribution < 1.29 is 22.7 Å². The number of carbonyl (C=O) groups excluding carboxylic acids is 1. The van der Waals surface area contributed by atoms with E-state index in [4.69, 9.17) is 4.74 Å². The van der Waals surface area contributed by atoms with E-state index in [-0.39, 0.29) is 30.9 Å². The number of nitrogens with zero attached hydrogens (tertiary/aromatic N) is 2. The Bertz CT molecular complexity index is 805. The van der Waals surface area contributed by atoms with E-state index in [1.165, 1.54) is 12.1 Å². The van der Waals surface area contributed by atoms with Crippen LogP contribution in [0.2, 0.25) is 0 Å². The topological polar surface area (TPSA) is 63.6 Å². The van der Waals surface area contributed by atoms with Gasteiger partial charge < -0.3 is 10.1 Å². The summed E-state index contributed by atoms with van der Waals surface area (Å²) in [6, 6.07) is 7.38. The van der Waals surface area contributed by atoms with Crippen molar-refractivity contribution in [3.63, 3.8) is 0 Å². The van der Waals surface area contributed by atoms with Crippen LogP contribution in [0.5, 0.6) is 0 Å². The molecule has 0 saturated carbocycles. The number of aliphatic imine (C=N–C) groups is 1. The standard InChI is InChI=1S/C17H14F3N3O2/c18-17(19,20)13-6-12(15-10-25-16(24)9-23-15)3-4-14(13)22-8-11-2-1-5-21-7-11/h1-7,22H,8-10H2. The number of aromatic nitrogens is 1. The summed E-state index contributed by atoms with van der Waals surface area (Å²) in [5, 5.41) is 2.79. The number of hydrogen-bond donors (Lipinski definition) is 1. The van der Waals surface area contributed by atoms with Gasteiger partial charge in [-0.1, -0.05) is 12.1 Å². The smallest absolute Gasteiger partial charge is 0.418 e. The molecule has 8 heteroatoms. The monoisotopic (exact) mass is 349 g/mol. The second-order valence-corrected chi connectivity index (χ2v) is 5.40. The van der Waals surface area contributed by atoms with Gasteiger partial charge in [0.15, 0.2) is 0 Å². The molecule has 0 fully saturated rings. The van der Waals surface area contributed by atoms with Crippen LogP contribution >= 0.6 is 0 Å². The van der Waals surface area contributed by atoms with Gasteiger partial charge in [0.25, 0.3) is 0 Å². The third-order valence-corrected chi connectivity index (χ3v) is 3.63. The van der Waals surface area contributed by atoms with Crippen molar-refractivity contribution in [1.82, 2.24) is 4.98 Å². The summed E-state index contributed by atoms with van der Waals surface area (Å²) < 4.78 is 45.0. The number of pyridine rings is 1. The number of esters is 1. The molecular formula is C17H14F3N3O2. The molecule has 5 nitrogen and oxygen atoms in total. The van der Waals surface area contributed by atoms with E-state index in [2.05, 4.69) is 15.3 Å². The number of cyclic esters (lactones) is 1. The van der Waals surface area contributed by atoms with E-state index < -0.39 is 17.7 Å². The van der Waals surface area contributed by atoms with Crippen molar-refractivity contribution in [2.75, 3.05) is 18.5 Å². The van der Waals surface area contributed by atoms with E-state index in [0.717, 1.165) is 11.6 Å². The van der Waals surface area contributed by atoms with Gasteiger partial charge in [0, 0.05) is 24.6 Å². The number of hydrogen-bond acceptors (Lipinski definition) is 5. The van der Waals surface area contributed by atoms with E-state index in [1.54, 1.807) is 24.5 Å². The number of carbonyl (C=O) groups is 1. The largest absolute Gasteiger partial charge is 0.458 e. The van der Waals surface area contributed by atoms with Crippen LogP contribution in [0, 0.1) is 0 Å². The average Bonchev–Trinajstić information content (AvgIpc) is 2.61. The predicted molar refractivity (Wildman–Crippen MR) is 85.4 cm³/mol. The lowest BCUT2D eigenvalue weighted by Crippen LogP contribution is -2.24. The Balaban J connectivity index is 1.87. The molecule has 0 saturated heterocycles. The number of nitrogens with one attached hydrogen (secondary N) is 1. The molecule has 0 bridgehead atoms. The zero-order valence-corrected chi connectivity index (χ0v) is 13.0. The van der Waals surface area contributed by atoms with Gasteiger partial charge in [-0.2, -0.15) is 13.2 Å². The highest BCUT2D eigenvalue weighted by Crippen LogP contribution is 2.36. The predicted octanol–water partition coefficient (Wildman–Crippen LogP) is 3.06. The molecule has 130 valence electrons. The van der Waals surface area contributed by atoms with Crippen LogP contribution in [-0.2, 0) is 22.3 Å². The van der Waals surface area contributed by atoms with Crippen molar-refractivity contribution in [2.24, 2.45) is 4.99 Å². The lowest BCUT2D eigenvalue weighted by atomic mass is 10.0. The molecule has 3 rings (SSSR count). The highest BCUT2D eigenvalue weighted by Gasteiger charge is 2.34. The van der Waals surface area contributed by atoms with Gasteiger partial charge in [-0.15, -0.1) is 0 Å². The normalized spacial score (nSPS) is 14.7. The van der Waals surface area contributed by atoms with Gasteiger partial charge in [-0.05, 0) is 29.3 Å². The first kappa shape index (κ1) is 16.9. The Labute approximate surface area is 141 Å². The molecular weight excluding hydrogens is 335 g/mol. The lowest BCUT2D eigenvalue weighted by molar-refractivity contribution is -0.141. The number of benzene rings is 1. The molecule has 1 aliphatic rings. The summed E-state index contributed by atoms with van der Waals surface area (Å²) in [6.45, 7) is -0.0922. The minimum atomic E-state index is -4.53. The first-order chi connectivity index (χ1) is 11.9. The highest BCUT2D eigenvalue weighted by atomic mass is 19.4. The molecule has 0 aliphatic carbocycles. The van der Waals surface area contributed by atoms with Gasteiger partial charge in [0.1, 0.15) is 13.2 Å². The van der Waals surface area contributed by atoms with Crippen molar-refractivity contribution in [3.05, 3.63) is 59.4 Å². The summed E-state index contributed by atoms with van der Waals surface area (Å²) >= 11 is 0. The molecule has 25 heavy (non-hydrogen) atoms. The maximum absolute atomic E-state index is 13.4. The number of anilines is 1. The minimum absolute atomic E-state index is 0.0338. The molecule has 0 atom stereocenters. The zero-order chi connectivity index (χ0) is 17.9. The van der Waals surface area contributed by atoms with Crippen LogP contribution in [0.4, 0.5) is 18.9 Å². The minimum Gasteiger partial charge on any atom is -0.458 e. The maximum Gasteiger partial charge on any atom is 0.418 e. The molecule has 0 radical (unpaired) electrons. The van der Waals surface area contributed by atoms with Crippen LogP contribution < -0.4 is 5.32 Å². The zero-order valence-electron chi connectivity index (χ0n) is 13.0. The van der Waals surface area contributed by atoms with Gasteiger partial charge in [0.2, 0.25) is 0 Å². The number of ether oxygens (including phenoxy) is 1. The van der Waals surface area contributed by atoms with Crippen LogP contribution in [0.15, 0.2) is 47.7 Å². The maximum atomic E-state index is 13.4. The number of halogens is 3. The van der Waals surface area contributed by atoms with Gasteiger partial charge >= 0.3 is 12.1 Å². The fraction of sp³-hybridized carbons (Fsp3) is 0.235. The van der Waals surface area contributed by atoms with Gasteiger partial charge in [-0.3, -0.25) is 14.8 Å². The van der Waals surface area contributed by atoms with E-state index >= 15 is 0 Å². The quantitative estimate of drug-likeness (QED) is 0.862. The van der Waals surface area contributed by atoms with Gasteiger partial charge in [0.05, 0.1) is 11.3 Å². The third kappa shape index (κ3) is 4.14. The molecule has 1 aromatic heterocycles. The number of alkyl halides is 3. The van der Waals surface area contributed by atoms with E-state index in [1.807, 2.05) is 0 Å². The average molecular weight is 349 g/mol. The van der Waals surface area contributed by atoms with E-state index in [0.29, 0.717) is 5.71 Å². The SMILES string of the molecule is O=C1CN=C(c2ccc(NCc3cccnc3)c(C(F)(F)F)c2)CO1. The molecule has 0 amide bonds. The molecule has 2 heterocycles. The summed E-state index contributed by atoms with van der Waals surface area (Å²) in [5.74, 6) is -0.491. The fourth-order valence-corrected chi connectivity index (χ4v) is 2.39. The summed E-state index contributed by atoms with van der Waals surface area (Å²) in [5.41, 5.74) is 0.543. The first-order valence-corrected chi connectivity index (χ1v) is 7.47. The van der Waals surface area contributed by atoms with E-state index in [9.17, 15) is 18.0 Å². The Morgan fingerprint density at radius 3 is 2.72 bits per heavy atom. The molecule has 1 aliphatic heterocycles. The molecule has 2 aromatic rings. The second-order valence-electron chi connectivity index (χ2n) is 5.40. The van der Waals surface area contributed by atoms with Crippen molar-refractivity contribution in [2.45, 2.75) is 12.7 Å².